The van der Waals surface area contributed by atoms with Gasteiger partial charge in [0.2, 0.25) is 0 Å². The van der Waals surface area contributed by atoms with Crippen LogP contribution in [-0.4, -0.2) is 35.7 Å². The number of nitrogen functional groups attached to an aromatic ring is 1. The molecule has 44 heavy (non-hydrogen) atoms. The molecule has 0 amide bonds. The fourth-order valence-corrected chi connectivity index (χ4v) is 16.9. The predicted octanol–water partition coefficient (Wildman–Crippen LogP) is 9.30. The van der Waals surface area contributed by atoms with Crippen LogP contribution < -0.4 is 5.73 Å². The van der Waals surface area contributed by atoms with Gasteiger partial charge in [0.15, 0.2) is 0 Å². The van der Waals surface area contributed by atoms with E-state index in [1.807, 2.05) is 42.5 Å². The van der Waals surface area contributed by atoms with Gasteiger partial charge < -0.3 is 10.3 Å². The number of para-hydroxylation sites is 1. The van der Waals surface area contributed by atoms with Crippen molar-refractivity contribution < 1.29 is 33.4 Å². The Balaban J connectivity index is 0.000000171. The monoisotopic (exact) mass is 728 g/mol. The van der Waals surface area contributed by atoms with Crippen molar-refractivity contribution in [2.24, 2.45) is 35.5 Å². The molecular formula is C37H53NO3PPdS-. The van der Waals surface area contributed by atoms with Crippen LogP contribution in [-0.2, 0) is 30.5 Å². The zero-order valence-electron chi connectivity index (χ0n) is 26.7. The molecule has 0 aromatic heterocycles. The van der Waals surface area contributed by atoms with Gasteiger partial charge >= 0.3 is 0 Å². The molecule has 2 aromatic carbocycles. The first-order chi connectivity index (χ1) is 20.5. The van der Waals surface area contributed by atoms with Crippen LogP contribution in [0.15, 0.2) is 54.6 Å². The Bertz CT molecular complexity index is 1230. The SMILES string of the molecule is CCCCP(C12CC3CC(CC(C3)C1)C2)C12CC3CC(CC(C3)C1)C2.CS(=O)(=O)[O-].Nc1ccccc1-c1ccccc1.[Pd]. The maximum Gasteiger partial charge on any atom is 0.0916 e. The van der Waals surface area contributed by atoms with Crippen LogP contribution in [0.2, 0.25) is 0 Å². The Hall–Kier alpha value is -0.758. The molecule has 0 atom stereocenters. The molecule has 246 valence electrons. The van der Waals surface area contributed by atoms with Crippen molar-refractivity contribution in [2.75, 3.05) is 18.2 Å². The summed E-state index contributed by atoms with van der Waals surface area (Å²) >= 11 is 0. The molecule has 2 N–H and O–H groups in total. The van der Waals surface area contributed by atoms with Crippen LogP contribution in [0.5, 0.6) is 0 Å². The van der Waals surface area contributed by atoms with Gasteiger partial charge in [0.25, 0.3) is 0 Å². The van der Waals surface area contributed by atoms with E-state index in [0.29, 0.717) is 6.26 Å². The third-order valence-corrected chi connectivity index (χ3v) is 16.1. The molecule has 8 fully saturated rings. The zero-order valence-corrected chi connectivity index (χ0v) is 30.0. The second kappa shape index (κ2) is 14.2. The number of nitrogens with two attached hydrogens (primary N) is 1. The summed E-state index contributed by atoms with van der Waals surface area (Å²) in [6.45, 7) is 2.45. The molecule has 8 bridgehead atoms. The normalized spacial score (nSPS) is 36.3. The first kappa shape index (κ1) is 34.6. The summed E-state index contributed by atoms with van der Waals surface area (Å²) < 4.78 is 27.2. The summed E-state index contributed by atoms with van der Waals surface area (Å²) in [5.41, 5.74) is 8.95. The van der Waals surface area contributed by atoms with Gasteiger partial charge in [-0.05, 0) is 147 Å². The van der Waals surface area contributed by atoms with Crippen molar-refractivity contribution in [3.63, 3.8) is 0 Å². The van der Waals surface area contributed by atoms with Crippen LogP contribution >= 0.6 is 7.92 Å². The number of unbranched alkanes of at least 4 members (excludes halogenated alkanes) is 1. The van der Waals surface area contributed by atoms with Crippen molar-refractivity contribution in [1.29, 1.82) is 0 Å². The van der Waals surface area contributed by atoms with E-state index >= 15 is 0 Å². The van der Waals surface area contributed by atoms with Gasteiger partial charge in [0, 0.05) is 37.9 Å². The van der Waals surface area contributed by atoms with Gasteiger partial charge in [0.1, 0.15) is 0 Å². The maximum atomic E-state index is 9.08. The summed E-state index contributed by atoms with van der Waals surface area (Å²) in [7, 11) is -3.63. The van der Waals surface area contributed by atoms with E-state index < -0.39 is 10.1 Å². The Morgan fingerprint density at radius 1 is 0.727 bits per heavy atom. The van der Waals surface area contributed by atoms with E-state index in [-0.39, 0.29) is 28.3 Å². The fraction of sp³-hybridized carbons (Fsp3) is 0.676. The summed E-state index contributed by atoms with van der Waals surface area (Å²) in [5, 5.41) is 1.76. The third kappa shape index (κ3) is 7.85. The zero-order chi connectivity index (χ0) is 30.2. The van der Waals surface area contributed by atoms with Crippen LogP contribution in [0.4, 0.5) is 5.69 Å². The Morgan fingerprint density at radius 2 is 1.09 bits per heavy atom. The molecule has 8 saturated carbocycles. The largest absolute Gasteiger partial charge is 0.748 e. The van der Waals surface area contributed by atoms with Crippen molar-refractivity contribution in [1.82, 2.24) is 0 Å². The molecule has 0 unspecified atom stereocenters. The molecular weight excluding hydrogens is 676 g/mol. The molecule has 0 spiro atoms. The van der Waals surface area contributed by atoms with E-state index in [0.717, 1.165) is 57.1 Å². The smallest absolute Gasteiger partial charge is 0.0916 e. The second-order valence-corrected chi connectivity index (χ2v) is 20.1. The molecule has 0 heterocycles. The third-order valence-electron chi connectivity index (χ3n) is 11.9. The molecule has 8 aliphatic carbocycles. The molecule has 0 aliphatic heterocycles. The molecule has 4 nitrogen and oxygen atoms in total. The van der Waals surface area contributed by atoms with E-state index in [1.54, 1.807) is 89.6 Å². The van der Waals surface area contributed by atoms with Crippen molar-refractivity contribution in [2.45, 2.75) is 107 Å². The summed E-state index contributed by atoms with van der Waals surface area (Å²) in [4.78, 5) is 0. The van der Waals surface area contributed by atoms with Crippen LogP contribution in [0.3, 0.4) is 0 Å². The van der Waals surface area contributed by atoms with Crippen molar-refractivity contribution in [3.05, 3.63) is 54.6 Å². The van der Waals surface area contributed by atoms with Gasteiger partial charge in [-0.3, -0.25) is 0 Å². The summed E-state index contributed by atoms with van der Waals surface area (Å²) in [5.74, 6) is 6.95. The molecule has 0 radical (unpaired) electrons. The number of benzene rings is 2. The summed E-state index contributed by atoms with van der Waals surface area (Å²) in [6.07, 6.45) is 25.2. The second-order valence-electron chi connectivity index (χ2n) is 15.4. The number of hydrogen-bond acceptors (Lipinski definition) is 4. The topological polar surface area (TPSA) is 83.2 Å². The van der Waals surface area contributed by atoms with Gasteiger partial charge in [-0.15, -0.1) is 0 Å². The molecule has 7 heteroatoms. The first-order valence-electron chi connectivity index (χ1n) is 17.1. The van der Waals surface area contributed by atoms with E-state index in [1.165, 1.54) is 12.0 Å². The Labute approximate surface area is 282 Å². The standard InChI is InChI=1S/C24H39P.C12H11N.CH4O3S.Pd/c1-2-3-4-25(23-11-17-5-18(12-23)7-19(6-17)13-23)24-14-20-8-21(15-24)10-22(9-20)16-24;13-12-9-5-4-8-11(12)10-6-2-1-3-7-10;1-5(2,3)4;/h17-22H,2-16H2,1H3;1-9H,13H2;1H3,(H,2,3,4);/p-1. The quantitative estimate of drug-likeness (QED) is 0.139. The Morgan fingerprint density at radius 3 is 1.45 bits per heavy atom. The fourth-order valence-electron chi connectivity index (χ4n) is 11.5. The molecule has 2 aromatic rings. The van der Waals surface area contributed by atoms with Gasteiger partial charge in [0.05, 0.1) is 10.1 Å². The van der Waals surface area contributed by atoms with Crippen LogP contribution in [0, 0.1) is 35.5 Å². The number of hydrogen-bond donors (Lipinski definition) is 1. The van der Waals surface area contributed by atoms with E-state index in [9.17, 15) is 0 Å². The van der Waals surface area contributed by atoms with Gasteiger partial charge in [-0.2, -0.15) is 0 Å². The number of anilines is 1. The van der Waals surface area contributed by atoms with Crippen molar-refractivity contribution in [3.8, 4) is 11.1 Å². The van der Waals surface area contributed by atoms with Crippen molar-refractivity contribution >= 4 is 23.7 Å². The van der Waals surface area contributed by atoms with E-state index in [2.05, 4.69) is 19.1 Å². The van der Waals surface area contributed by atoms with Crippen LogP contribution in [0.25, 0.3) is 11.1 Å². The molecule has 0 saturated heterocycles. The molecule has 10 rings (SSSR count). The van der Waals surface area contributed by atoms with Gasteiger partial charge in [-0.1, -0.05) is 69.8 Å². The van der Waals surface area contributed by atoms with E-state index in [4.69, 9.17) is 18.7 Å². The summed E-state index contributed by atoms with van der Waals surface area (Å²) in [6, 6.07) is 18.1. The van der Waals surface area contributed by atoms with Crippen LogP contribution in [0.1, 0.15) is 96.8 Å². The maximum absolute atomic E-state index is 9.08. The predicted molar refractivity (Wildman–Crippen MR) is 180 cm³/mol. The minimum atomic E-state index is -3.92. The molecule has 8 aliphatic rings. The first-order valence-corrected chi connectivity index (χ1v) is 20.5. The number of rotatable bonds is 6. The van der Waals surface area contributed by atoms with Gasteiger partial charge in [-0.25, -0.2) is 8.42 Å². The minimum Gasteiger partial charge on any atom is -0.748 e. The average molecular weight is 729 g/mol. The Kier molecular flexibility index (Phi) is 11.1. The average Bonchev–Trinajstić information content (AvgIpc) is 2.92. The minimum absolute atomic E-state index is 0.